The fourth-order valence-electron chi connectivity index (χ4n) is 7.83. The predicted octanol–water partition coefficient (Wildman–Crippen LogP) is 15.0. The Kier molecular flexibility index (Phi) is 45.1. The highest BCUT2D eigenvalue weighted by molar-refractivity contribution is 5.71. The van der Waals surface area contributed by atoms with Gasteiger partial charge in [0.05, 0.1) is 34.4 Å². The van der Waals surface area contributed by atoms with Crippen molar-refractivity contribution in [3.63, 3.8) is 0 Å². The van der Waals surface area contributed by atoms with Crippen molar-refractivity contribution >= 4 is 17.9 Å². The van der Waals surface area contributed by atoms with Gasteiger partial charge in [0.15, 0.2) is 6.10 Å². The standard InChI is InChI=1S/C54H103NO8/c1-6-8-10-12-14-16-18-19-20-21-22-23-24-25-26-27-28-29-30-31-32-33-35-37-39-41-43-45-52(57)63-50(49-62-54(53(58)59)60-47-46-55(3,4)5)48-61-51(56)44-42-40-38-36-34-17-15-13-11-9-7-2/h21-22,50,54H,6-20,23-49H2,1-5H3/p+1/b22-21-. The fourth-order valence-corrected chi connectivity index (χ4v) is 7.83. The molecule has 9 heteroatoms. The molecule has 0 aliphatic carbocycles. The number of nitrogens with zero attached hydrogens (tertiary/aromatic N) is 1. The van der Waals surface area contributed by atoms with Crippen molar-refractivity contribution in [3.8, 4) is 0 Å². The van der Waals surface area contributed by atoms with Crippen molar-refractivity contribution in [3.05, 3.63) is 12.2 Å². The van der Waals surface area contributed by atoms with Crippen LogP contribution in [0.4, 0.5) is 0 Å². The van der Waals surface area contributed by atoms with Crippen molar-refractivity contribution in [2.45, 2.75) is 270 Å². The largest absolute Gasteiger partial charge is 0.477 e. The molecule has 2 atom stereocenters. The first-order valence-corrected chi connectivity index (χ1v) is 26.9. The second kappa shape index (κ2) is 46.6. The van der Waals surface area contributed by atoms with Gasteiger partial charge in [-0.05, 0) is 38.5 Å². The van der Waals surface area contributed by atoms with Gasteiger partial charge < -0.3 is 28.5 Å². The van der Waals surface area contributed by atoms with Gasteiger partial charge in [-0.15, -0.1) is 0 Å². The molecule has 0 rings (SSSR count). The molecule has 0 amide bonds. The Bertz CT molecular complexity index is 1040. The van der Waals surface area contributed by atoms with E-state index >= 15 is 0 Å². The summed E-state index contributed by atoms with van der Waals surface area (Å²) < 4.78 is 22.8. The third-order valence-corrected chi connectivity index (χ3v) is 12.0. The van der Waals surface area contributed by atoms with Crippen LogP contribution in [0.2, 0.25) is 0 Å². The van der Waals surface area contributed by atoms with Crippen molar-refractivity contribution in [2.75, 3.05) is 47.5 Å². The molecule has 1 N–H and O–H groups in total. The third kappa shape index (κ3) is 47.8. The van der Waals surface area contributed by atoms with Crippen LogP contribution in [-0.2, 0) is 33.3 Å². The summed E-state index contributed by atoms with van der Waals surface area (Å²) in [7, 11) is 5.97. The second-order valence-electron chi connectivity index (χ2n) is 19.5. The zero-order valence-corrected chi connectivity index (χ0v) is 42.3. The first-order chi connectivity index (χ1) is 30.6. The van der Waals surface area contributed by atoms with Gasteiger partial charge in [0.25, 0.3) is 6.29 Å². The monoisotopic (exact) mass is 895 g/mol. The van der Waals surface area contributed by atoms with Gasteiger partial charge in [-0.1, -0.05) is 219 Å². The Balaban J connectivity index is 4.14. The number of rotatable bonds is 50. The number of hydrogen-bond donors (Lipinski definition) is 1. The van der Waals surface area contributed by atoms with Crippen molar-refractivity contribution in [1.29, 1.82) is 0 Å². The topological polar surface area (TPSA) is 108 Å². The number of hydrogen-bond acceptors (Lipinski definition) is 7. The number of quaternary nitrogens is 1. The Hall–Kier alpha value is -1.97. The lowest BCUT2D eigenvalue weighted by atomic mass is 10.0. The van der Waals surface area contributed by atoms with E-state index in [-0.39, 0.29) is 38.2 Å². The maximum Gasteiger partial charge on any atom is 0.361 e. The van der Waals surface area contributed by atoms with E-state index in [1.807, 2.05) is 21.1 Å². The van der Waals surface area contributed by atoms with E-state index in [4.69, 9.17) is 18.9 Å². The lowest BCUT2D eigenvalue weighted by molar-refractivity contribution is -0.870. The molecule has 0 radical (unpaired) electrons. The van der Waals surface area contributed by atoms with Crippen LogP contribution in [0.25, 0.3) is 0 Å². The number of esters is 2. The van der Waals surface area contributed by atoms with Gasteiger partial charge in [0, 0.05) is 12.8 Å². The van der Waals surface area contributed by atoms with Crippen LogP contribution >= 0.6 is 0 Å². The molecule has 2 unspecified atom stereocenters. The van der Waals surface area contributed by atoms with E-state index in [0.717, 1.165) is 38.5 Å². The number of unbranched alkanes of at least 4 members (excludes halogenated alkanes) is 33. The Morgan fingerprint density at radius 3 is 1.17 bits per heavy atom. The van der Waals surface area contributed by atoms with Crippen LogP contribution in [0, 0.1) is 0 Å². The zero-order chi connectivity index (χ0) is 46.3. The normalized spacial score (nSPS) is 12.8. The maximum atomic E-state index is 12.8. The number of carboxylic acids is 1. The van der Waals surface area contributed by atoms with Crippen molar-refractivity contribution in [2.24, 2.45) is 0 Å². The number of aliphatic carboxylic acids is 1. The lowest BCUT2D eigenvalue weighted by Gasteiger charge is -2.25. The molecule has 0 aromatic carbocycles. The highest BCUT2D eigenvalue weighted by Crippen LogP contribution is 2.17. The van der Waals surface area contributed by atoms with Crippen molar-refractivity contribution < 1.29 is 42.9 Å². The molecular weight excluding hydrogens is 791 g/mol. The first-order valence-electron chi connectivity index (χ1n) is 26.9. The van der Waals surface area contributed by atoms with Gasteiger partial charge in [-0.2, -0.15) is 0 Å². The van der Waals surface area contributed by atoms with E-state index in [2.05, 4.69) is 26.0 Å². The molecule has 9 nitrogen and oxygen atoms in total. The smallest absolute Gasteiger partial charge is 0.361 e. The van der Waals surface area contributed by atoms with E-state index in [1.54, 1.807) is 0 Å². The summed E-state index contributed by atoms with van der Waals surface area (Å²) >= 11 is 0. The van der Waals surface area contributed by atoms with Crippen LogP contribution in [0.1, 0.15) is 258 Å². The molecule has 0 spiro atoms. The molecule has 0 aromatic rings. The molecule has 0 heterocycles. The molecule has 0 aliphatic heterocycles. The van der Waals surface area contributed by atoms with E-state index in [1.165, 1.54) is 193 Å². The molecule has 0 fully saturated rings. The minimum atomic E-state index is -1.50. The summed E-state index contributed by atoms with van der Waals surface area (Å²) in [6, 6.07) is 0. The summed E-state index contributed by atoms with van der Waals surface area (Å²) in [4.78, 5) is 37.2. The second-order valence-corrected chi connectivity index (χ2v) is 19.5. The van der Waals surface area contributed by atoms with Gasteiger partial charge in [-0.25, -0.2) is 4.79 Å². The molecule has 0 saturated carbocycles. The van der Waals surface area contributed by atoms with Gasteiger partial charge >= 0.3 is 17.9 Å². The summed E-state index contributed by atoms with van der Waals surface area (Å²) in [6.45, 7) is 4.90. The minimum Gasteiger partial charge on any atom is -0.477 e. The van der Waals surface area contributed by atoms with Crippen LogP contribution in [0.5, 0.6) is 0 Å². The van der Waals surface area contributed by atoms with Crippen molar-refractivity contribution in [1.82, 2.24) is 0 Å². The summed E-state index contributed by atoms with van der Waals surface area (Å²) in [5.74, 6) is -1.99. The van der Waals surface area contributed by atoms with Gasteiger partial charge in [0.2, 0.25) is 0 Å². The molecule has 63 heavy (non-hydrogen) atoms. The fraction of sp³-hybridized carbons (Fsp3) is 0.907. The highest BCUT2D eigenvalue weighted by atomic mass is 16.7. The third-order valence-electron chi connectivity index (χ3n) is 12.0. The van der Waals surface area contributed by atoms with Crippen LogP contribution < -0.4 is 0 Å². The minimum absolute atomic E-state index is 0.175. The van der Waals surface area contributed by atoms with Crippen LogP contribution in [0.15, 0.2) is 12.2 Å². The SMILES string of the molecule is CCCCCCCCCC/C=C\CCCCCCCCCCCCCCCCCC(=O)OC(COC(=O)CCCCCCCCCCCCC)COC(OCC[N+](C)(C)C)C(=O)O. The Morgan fingerprint density at radius 1 is 0.460 bits per heavy atom. The molecule has 372 valence electrons. The van der Waals surface area contributed by atoms with E-state index < -0.39 is 18.4 Å². The zero-order valence-electron chi connectivity index (χ0n) is 42.3. The summed E-state index contributed by atoms with van der Waals surface area (Å²) in [6.07, 6.45) is 48.6. The highest BCUT2D eigenvalue weighted by Gasteiger charge is 2.25. The summed E-state index contributed by atoms with van der Waals surface area (Å²) in [5.41, 5.74) is 0. The average Bonchev–Trinajstić information content (AvgIpc) is 3.24. The molecule has 0 aliphatic rings. The number of allylic oxidation sites excluding steroid dienone is 2. The van der Waals surface area contributed by atoms with Crippen LogP contribution in [0.3, 0.4) is 0 Å². The molecular formula is C54H104NO8+. The maximum absolute atomic E-state index is 12.8. The predicted molar refractivity (Wildman–Crippen MR) is 263 cm³/mol. The van der Waals surface area contributed by atoms with Gasteiger partial charge in [0.1, 0.15) is 13.2 Å². The quantitative estimate of drug-likeness (QED) is 0.0211. The number of carbonyl (C=O) groups excluding carboxylic acids is 2. The number of carbonyl (C=O) groups is 3. The number of ether oxygens (including phenoxy) is 4. The lowest BCUT2D eigenvalue weighted by Crippen LogP contribution is -2.40. The van der Waals surface area contributed by atoms with Gasteiger partial charge in [-0.3, -0.25) is 9.59 Å². The van der Waals surface area contributed by atoms with Crippen LogP contribution in [-0.4, -0.2) is 87.4 Å². The Labute approximate surface area is 389 Å². The molecule has 0 saturated heterocycles. The number of likely N-dealkylation sites (N-methyl/N-ethyl adjacent to an activating group) is 1. The number of carboxylic acid groups (broad SMARTS) is 1. The Morgan fingerprint density at radius 2 is 0.810 bits per heavy atom. The molecule has 0 aromatic heterocycles. The van der Waals surface area contributed by atoms with E-state index in [9.17, 15) is 19.5 Å². The first kappa shape index (κ1) is 61.0. The summed E-state index contributed by atoms with van der Waals surface area (Å²) in [5, 5.41) is 9.66. The van der Waals surface area contributed by atoms with E-state index in [0.29, 0.717) is 17.4 Å². The average molecular weight is 895 g/mol. The molecule has 0 bridgehead atoms.